The van der Waals surface area contributed by atoms with Gasteiger partial charge in [0.15, 0.2) is 11.5 Å². The second-order valence-corrected chi connectivity index (χ2v) is 3.85. The maximum absolute atomic E-state index is 11.2. The molecule has 15 heavy (non-hydrogen) atoms. The molecule has 0 aromatic rings. The molecule has 0 saturated heterocycles. The van der Waals surface area contributed by atoms with Gasteiger partial charge < -0.3 is 9.84 Å². The van der Waals surface area contributed by atoms with Gasteiger partial charge in [-0.1, -0.05) is 0 Å². The number of Topliss-reactive ketones (excluding diaryl/α,β-unsaturated/α-hetero) is 1. The Balaban J connectivity index is 4.98. The summed E-state index contributed by atoms with van der Waals surface area (Å²) in [4.78, 5) is 32.1. The Morgan fingerprint density at radius 1 is 1.27 bits per heavy atom. The van der Waals surface area contributed by atoms with Crippen LogP contribution in [0.2, 0.25) is 0 Å². The molecule has 0 fully saturated rings. The SMILES string of the molecule is CC(=O)C(N=O)=C(O)C(=O)OC(C)(C)C. The molecule has 0 spiro atoms. The van der Waals surface area contributed by atoms with E-state index in [1.54, 1.807) is 20.8 Å². The molecule has 0 amide bonds. The van der Waals surface area contributed by atoms with E-state index in [4.69, 9.17) is 4.74 Å². The first kappa shape index (κ1) is 13.3. The molecule has 0 aliphatic carbocycles. The van der Waals surface area contributed by atoms with Gasteiger partial charge in [0.25, 0.3) is 0 Å². The van der Waals surface area contributed by atoms with Gasteiger partial charge in [-0.3, -0.25) is 4.79 Å². The smallest absolute Gasteiger partial charge is 0.376 e. The lowest BCUT2D eigenvalue weighted by atomic mass is 10.2. The molecule has 0 aliphatic heterocycles. The summed E-state index contributed by atoms with van der Waals surface area (Å²) in [5.41, 5.74) is -1.65. The Kier molecular flexibility index (Phi) is 4.14. The van der Waals surface area contributed by atoms with Crippen LogP contribution in [-0.4, -0.2) is 22.5 Å². The predicted molar refractivity (Wildman–Crippen MR) is 52.0 cm³/mol. The van der Waals surface area contributed by atoms with Crippen LogP contribution in [0.3, 0.4) is 0 Å². The average Bonchev–Trinajstić information content (AvgIpc) is 2.01. The lowest BCUT2D eigenvalue weighted by Gasteiger charge is -2.18. The summed E-state index contributed by atoms with van der Waals surface area (Å²) in [6.45, 7) is 5.76. The second-order valence-electron chi connectivity index (χ2n) is 3.85. The van der Waals surface area contributed by atoms with Gasteiger partial charge in [0.2, 0.25) is 5.76 Å². The Labute approximate surface area is 86.9 Å². The van der Waals surface area contributed by atoms with Crippen LogP contribution < -0.4 is 0 Å². The Morgan fingerprint density at radius 3 is 2.00 bits per heavy atom. The van der Waals surface area contributed by atoms with Crippen LogP contribution in [0.25, 0.3) is 0 Å². The minimum Gasteiger partial charge on any atom is -0.500 e. The Bertz CT molecular complexity index is 324. The van der Waals surface area contributed by atoms with Crippen LogP contribution in [-0.2, 0) is 14.3 Å². The Hall–Kier alpha value is -1.72. The zero-order valence-electron chi connectivity index (χ0n) is 9.03. The molecule has 84 valence electrons. The van der Waals surface area contributed by atoms with Crippen molar-refractivity contribution in [3.05, 3.63) is 16.4 Å². The number of hydrogen-bond donors (Lipinski definition) is 1. The van der Waals surface area contributed by atoms with E-state index < -0.39 is 28.8 Å². The van der Waals surface area contributed by atoms with Crippen molar-refractivity contribution in [1.29, 1.82) is 0 Å². The van der Waals surface area contributed by atoms with Crippen LogP contribution >= 0.6 is 0 Å². The number of allylic oxidation sites excluding steroid dienone is 1. The third-order valence-corrected chi connectivity index (χ3v) is 1.24. The number of carbonyl (C=O) groups excluding carboxylic acids is 2. The van der Waals surface area contributed by atoms with Gasteiger partial charge in [-0.15, -0.1) is 4.91 Å². The van der Waals surface area contributed by atoms with E-state index >= 15 is 0 Å². The van der Waals surface area contributed by atoms with Crippen molar-refractivity contribution in [2.75, 3.05) is 0 Å². The molecule has 0 atom stereocenters. The van der Waals surface area contributed by atoms with Gasteiger partial charge in [-0.25, -0.2) is 4.79 Å². The summed E-state index contributed by atoms with van der Waals surface area (Å²) in [6.07, 6.45) is 0. The third kappa shape index (κ3) is 4.35. The highest BCUT2D eigenvalue weighted by Gasteiger charge is 2.24. The number of esters is 1. The number of ketones is 1. The van der Waals surface area contributed by atoms with Crippen molar-refractivity contribution >= 4 is 11.8 Å². The maximum Gasteiger partial charge on any atom is 0.376 e. The van der Waals surface area contributed by atoms with Crippen molar-refractivity contribution in [2.45, 2.75) is 33.3 Å². The van der Waals surface area contributed by atoms with Crippen molar-refractivity contribution < 1.29 is 19.4 Å². The van der Waals surface area contributed by atoms with Crippen LogP contribution in [0.4, 0.5) is 0 Å². The van der Waals surface area contributed by atoms with Gasteiger partial charge in [0.05, 0.1) is 0 Å². The number of hydrogen-bond acceptors (Lipinski definition) is 6. The number of aliphatic hydroxyl groups excluding tert-OH is 1. The highest BCUT2D eigenvalue weighted by Crippen LogP contribution is 2.13. The summed E-state index contributed by atoms with van der Waals surface area (Å²) in [7, 11) is 0. The van der Waals surface area contributed by atoms with Crippen LogP contribution in [0.15, 0.2) is 16.6 Å². The van der Waals surface area contributed by atoms with E-state index in [2.05, 4.69) is 5.18 Å². The van der Waals surface area contributed by atoms with Crippen molar-refractivity contribution in [2.24, 2.45) is 5.18 Å². The van der Waals surface area contributed by atoms with Crippen LogP contribution in [0.5, 0.6) is 0 Å². The molecule has 0 radical (unpaired) electrons. The molecule has 6 nitrogen and oxygen atoms in total. The molecule has 6 heteroatoms. The first-order valence-electron chi connectivity index (χ1n) is 4.20. The number of aliphatic hydroxyl groups is 1. The molecule has 0 aromatic heterocycles. The lowest BCUT2D eigenvalue weighted by Crippen LogP contribution is -2.25. The van der Waals surface area contributed by atoms with Crippen LogP contribution in [0, 0.1) is 4.91 Å². The van der Waals surface area contributed by atoms with Gasteiger partial charge in [0, 0.05) is 6.92 Å². The highest BCUT2D eigenvalue weighted by molar-refractivity contribution is 6.01. The maximum atomic E-state index is 11.2. The summed E-state index contributed by atoms with van der Waals surface area (Å²) in [6, 6.07) is 0. The highest BCUT2D eigenvalue weighted by atomic mass is 16.6. The number of rotatable bonds is 3. The van der Waals surface area contributed by atoms with E-state index in [1.807, 2.05) is 0 Å². The monoisotopic (exact) mass is 215 g/mol. The largest absolute Gasteiger partial charge is 0.500 e. The van der Waals surface area contributed by atoms with E-state index in [-0.39, 0.29) is 0 Å². The summed E-state index contributed by atoms with van der Waals surface area (Å²) in [5, 5.41) is 11.5. The standard InChI is InChI=1S/C9H13NO5/c1-5(11)6(10-14)7(12)8(13)15-9(2,3)4/h12H,1-4H3. The first-order chi connectivity index (χ1) is 6.69. The van der Waals surface area contributed by atoms with Crippen molar-refractivity contribution in [3.8, 4) is 0 Å². The average molecular weight is 215 g/mol. The fraction of sp³-hybridized carbons (Fsp3) is 0.556. The van der Waals surface area contributed by atoms with E-state index in [9.17, 15) is 19.6 Å². The fourth-order valence-corrected chi connectivity index (χ4v) is 0.697. The van der Waals surface area contributed by atoms with Gasteiger partial charge in [-0.05, 0) is 25.9 Å². The van der Waals surface area contributed by atoms with E-state index in [0.29, 0.717) is 0 Å². The minimum absolute atomic E-state index is 0.798. The summed E-state index contributed by atoms with van der Waals surface area (Å²) < 4.78 is 4.73. The lowest BCUT2D eigenvalue weighted by molar-refractivity contribution is -0.153. The van der Waals surface area contributed by atoms with E-state index in [0.717, 1.165) is 6.92 Å². The third-order valence-electron chi connectivity index (χ3n) is 1.24. The van der Waals surface area contributed by atoms with E-state index in [1.165, 1.54) is 0 Å². The number of nitrogens with zero attached hydrogens (tertiary/aromatic N) is 1. The van der Waals surface area contributed by atoms with Crippen molar-refractivity contribution in [3.63, 3.8) is 0 Å². The summed E-state index contributed by atoms with van der Waals surface area (Å²) in [5.74, 6) is -3.01. The van der Waals surface area contributed by atoms with Gasteiger partial charge in [0.1, 0.15) is 5.60 Å². The zero-order chi connectivity index (χ0) is 12.2. The molecular weight excluding hydrogens is 202 g/mol. The molecule has 1 N–H and O–H groups in total. The quantitative estimate of drug-likeness (QED) is 0.333. The van der Waals surface area contributed by atoms with Crippen molar-refractivity contribution in [1.82, 2.24) is 0 Å². The number of carbonyl (C=O) groups is 2. The molecule has 0 heterocycles. The number of ether oxygens (including phenoxy) is 1. The molecule has 0 rings (SSSR count). The normalized spacial score (nSPS) is 12.8. The predicted octanol–water partition coefficient (Wildman–Crippen LogP) is 1.45. The molecule has 0 unspecified atom stereocenters. The zero-order valence-corrected chi connectivity index (χ0v) is 9.03. The molecule has 0 aromatic carbocycles. The van der Waals surface area contributed by atoms with Gasteiger partial charge in [-0.2, -0.15) is 0 Å². The Morgan fingerprint density at radius 2 is 1.73 bits per heavy atom. The molecular formula is C9H13NO5. The molecule has 0 aliphatic rings. The summed E-state index contributed by atoms with van der Waals surface area (Å²) >= 11 is 0. The first-order valence-corrected chi connectivity index (χ1v) is 4.20. The number of nitroso groups, excluding NO2 is 1. The fourth-order valence-electron chi connectivity index (χ4n) is 0.697. The second kappa shape index (κ2) is 4.68. The van der Waals surface area contributed by atoms with Crippen LogP contribution in [0.1, 0.15) is 27.7 Å². The molecule has 0 bridgehead atoms. The minimum atomic E-state index is -1.15. The molecule has 0 saturated carbocycles. The van der Waals surface area contributed by atoms with Gasteiger partial charge >= 0.3 is 5.97 Å². The topological polar surface area (TPSA) is 93.0 Å².